The minimum atomic E-state index is -0.763. The normalized spacial score (nSPS) is 16.7. The van der Waals surface area contributed by atoms with Crippen molar-refractivity contribution in [1.82, 2.24) is 39.5 Å². The van der Waals surface area contributed by atoms with Crippen molar-refractivity contribution < 1.29 is 9.84 Å². The Balaban J connectivity index is 1.10. The first-order valence-electron chi connectivity index (χ1n) is 13.4. The Bertz CT molecular complexity index is 1790. The van der Waals surface area contributed by atoms with E-state index in [-0.39, 0.29) is 5.69 Å². The van der Waals surface area contributed by atoms with Gasteiger partial charge in [-0.25, -0.2) is 14.2 Å². The summed E-state index contributed by atoms with van der Waals surface area (Å²) < 4.78 is 8.72. The summed E-state index contributed by atoms with van der Waals surface area (Å²) in [6.07, 6.45) is 2.88. The zero-order valence-electron chi connectivity index (χ0n) is 22.7. The number of aliphatic hydroxyl groups is 1. The molecule has 1 atom stereocenters. The van der Waals surface area contributed by atoms with Crippen molar-refractivity contribution in [3.05, 3.63) is 77.5 Å². The molecule has 12 heteroatoms. The van der Waals surface area contributed by atoms with Crippen LogP contribution >= 0.6 is 0 Å². The van der Waals surface area contributed by atoms with Crippen molar-refractivity contribution in [2.75, 3.05) is 31.6 Å². The highest BCUT2D eigenvalue weighted by Gasteiger charge is 2.48. The summed E-state index contributed by atoms with van der Waals surface area (Å²) in [7, 11) is 0. The maximum absolute atomic E-state index is 10.4. The van der Waals surface area contributed by atoms with Crippen LogP contribution < -0.4 is 5.32 Å². The molecule has 0 bridgehead atoms. The van der Waals surface area contributed by atoms with Gasteiger partial charge in [0, 0.05) is 41.9 Å². The fourth-order valence-electron chi connectivity index (χ4n) is 5.58. The molecule has 41 heavy (non-hydrogen) atoms. The number of fused-ring (bicyclic) bond motifs is 1. The van der Waals surface area contributed by atoms with E-state index in [1.54, 1.807) is 28.4 Å². The second-order valence-corrected chi connectivity index (χ2v) is 11.0. The number of aromatic nitrogens is 7. The lowest BCUT2D eigenvalue weighted by Gasteiger charge is -2.55. The van der Waals surface area contributed by atoms with Gasteiger partial charge in [0.2, 0.25) is 0 Å². The first-order chi connectivity index (χ1) is 19.9. The molecule has 0 radical (unpaired) electrons. The minimum Gasteiger partial charge on any atom is -0.389 e. The number of nitrogens with one attached hydrogen (secondary N) is 1. The van der Waals surface area contributed by atoms with Crippen LogP contribution in [0.2, 0.25) is 0 Å². The van der Waals surface area contributed by atoms with Crippen LogP contribution in [0.4, 0.5) is 11.5 Å². The molecular formula is C29H28N10O2. The fourth-order valence-corrected chi connectivity index (χ4v) is 5.58. The standard InChI is InChI=1S/C29H28N10O2/c1-18-9-22(10-30)36-39(18)28-23(19(2)40)5-6-25(33-28)24-11-31-38-13-20(3-7-26(24)38)32-27-8-4-21(34-35-27)12-37-14-29(15-37)16-41-17-29/h3-9,11,13,19,40H,12,14-17H2,1-2H3,(H,32,35)/t19-/m0/s1. The van der Waals surface area contributed by atoms with E-state index in [1.165, 1.54) is 0 Å². The Kier molecular flexibility index (Phi) is 6.01. The average Bonchev–Trinajstić information content (AvgIpc) is 3.52. The van der Waals surface area contributed by atoms with Crippen LogP contribution in [0, 0.1) is 23.7 Å². The average molecular weight is 549 g/mol. The van der Waals surface area contributed by atoms with Gasteiger partial charge in [0.15, 0.2) is 17.3 Å². The summed E-state index contributed by atoms with van der Waals surface area (Å²) in [4.78, 5) is 7.22. The maximum Gasteiger partial charge on any atom is 0.163 e. The zero-order chi connectivity index (χ0) is 28.1. The third kappa shape index (κ3) is 4.59. The van der Waals surface area contributed by atoms with E-state index in [9.17, 15) is 10.4 Å². The molecule has 0 unspecified atom stereocenters. The highest BCUT2D eigenvalue weighted by molar-refractivity contribution is 5.79. The molecule has 206 valence electrons. The number of ether oxygens (including phenoxy) is 1. The number of nitrogens with zero attached hydrogens (tertiary/aromatic N) is 9. The number of pyridine rings is 2. The Morgan fingerprint density at radius 1 is 1.15 bits per heavy atom. The number of nitriles is 1. The van der Waals surface area contributed by atoms with E-state index in [4.69, 9.17) is 9.72 Å². The van der Waals surface area contributed by atoms with Crippen LogP contribution in [-0.4, -0.2) is 70.9 Å². The van der Waals surface area contributed by atoms with E-state index in [1.807, 2.05) is 49.5 Å². The molecule has 5 aromatic rings. The summed E-state index contributed by atoms with van der Waals surface area (Å²) in [6.45, 7) is 8.20. The van der Waals surface area contributed by atoms with Gasteiger partial charge in [-0.2, -0.15) is 20.6 Å². The lowest BCUT2D eigenvalue weighted by atomic mass is 9.78. The van der Waals surface area contributed by atoms with Gasteiger partial charge in [0.25, 0.3) is 0 Å². The predicted octanol–water partition coefficient (Wildman–Crippen LogP) is 3.18. The number of rotatable bonds is 7. The SMILES string of the molecule is Cc1cc(C#N)nn1-c1nc(-c2cnn3cc(Nc4ccc(CN5CC6(COC6)C5)nn4)ccc23)ccc1[C@H](C)O. The number of aryl methyl sites for hydroxylation is 1. The van der Waals surface area contributed by atoms with Crippen LogP contribution in [-0.2, 0) is 11.3 Å². The van der Waals surface area contributed by atoms with E-state index in [0.717, 1.165) is 61.0 Å². The van der Waals surface area contributed by atoms with Gasteiger partial charge in [-0.05, 0) is 50.2 Å². The molecule has 7 rings (SSSR count). The number of hydrogen-bond acceptors (Lipinski definition) is 10. The number of likely N-dealkylation sites (tertiary alicyclic amines) is 1. The fraction of sp³-hybridized carbons (Fsp3) is 0.310. The minimum absolute atomic E-state index is 0.287. The highest BCUT2D eigenvalue weighted by atomic mass is 16.5. The van der Waals surface area contributed by atoms with Crippen molar-refractivity contribution in [1.29, 1.82) is 5.26 Å². The van der Waals surface area contributed by atoms with Gasteiger partial charge in [-0.1, -0.05) is 6.07 Å². The van der Waals surface area contributed by atoms with E-state index >= 15 is 0 Å². The number of hydrogen-bond donors (Lipinski definition) is 2. The summed E-state index contributed by atoms with van der Waals surface area (Å²) in [5.74, 6) is 1.13. The largest absolute Gasteiger partial charge is 0.389 e. The first-order valence-corrected chi connectivity index (χ1v) is 13.4. The quantitative estimate of drug-likeness (QED) is 0.311. The van der Waals surface area contributed by atoms with Gasteiger partial charge in [-0.15, -0.1) is 5.10 Å². The second-order valence-electron chi connectivity index (χ2n) is 11.0. The number of aliphatic hydroxyl groups excluding tert-OH is 1. The van der Waals surface area contributed by atoms with Gasteiger partial charge in [0.05, 0.1) is 54.3 Å². The first kappa shape index (κ1) is 25.3. The molecule has 0 aliphatic carbocycles. The van der Waals surface area contributed by atoms with Crippen LogP contribution in [0.25, 0.3) is 22.6 Å². The summed E-state index contributed by atoms with van der Waals surface area (Å²) in [5.41, 5.74) is 6.16. The molecule has 2 fully saturated rings. The van der Waals surface area contributed by atoms with Gasteiger partial charge in [-0.3, -0.25) is 4.90 Å². The smallest absolute Gasteiger partial charge is 0.163 e. The Morgan fingerprint density at radius 3 is 2.68 bits per heavy atom. The zero-order valence-corrected chi connectivity index (χ0v) is 22.7. The Labute approximate surface area is 235 Å². The monoisotopic (exact) mass is 548 g/mol. The molecule has 2 aliphatic heterocycles. The predicted molar refractivity (Wildman–Crippen MR) is 149 cm³/mol. The molecule has 2 aliphatic rings. The van der Waals surface area contributed by atoms with E-state index in [0.29, 0.717) is 28.3 Å². The molecule has 0 aromatic carbocycles. The molecule has 1 spiro atoms. The summed E-state index contributed by atoms with van der Waals surface area (Å²) in [5, 5.41) is 40.6. The third-order valence-electron chi connectivity index (χ3n) is 7.66. The lowest BCUT2D eigenvalue weighted by molar-refractivity contribution is -0.191. The van der Waals surface area contributed by atoms with Gasteiger partial charge < -0.3 is 15.2 Å². The van der Waals surface area contributed by atoms with Crippen molar-refractivity contribution in [3.8, 4) is 23.1 Å². The molecule has 2 saturated heterocycles. The van der Waals surface area contributed by atoms with Gasteiger partial charge >= 0.3 is 0 Å². The Morgan fingerprint density at radius 2 is 2.00 bits per heavy atom. The molecular weight excluding hydrogens is 520 g/mol. The maximum atomic E-state index is 10.4. The van der Waals surface area contributed by atoms with Crippen LogP contribution in [0.3, 0.4) is 0 Å². The lowest BCUT2D eigenvalue weighted by Crippen LogP contribution is -2.65. The van der Waals surface area contributed by atoms with E-state index in [2.05, 4.69) is 36.7 Å². The van der Waals surface area contributed by atoms with Crippen molar-refractivity contribution in [2.24, 2.45) is 5.41 Å². The summed E-state index contributed by atoms with van der Waals surface area (Å²) in [6, 6.07) is 15.3. The molecule has 12 nitrogen and oxygen atoms in total. The second kappa shape index (κ2) is 9.74. The third-order valence-corrected chi connectivity index (χ3v) is 7.66. The molecule has 2 N–H and O–H groups in total. The van der Waals surface area contributed by atoms with Crippen LogP contribution in [0.1, 0.15) is 35.7 Å². The molecule has 0 amide bonds. The van der Waals surface area contributed by atoms with Gasteiger partial charge in [0.1, 0.15) is 6.07 Å². The summed E-state index contributed by atoms with van der Waals surface area (Å²) >= 11 is 0. The van der Waals surface area contributed by atoms with Crippen molar-refractivity contribution >= 4 is 17.0 Å². The van der Waals surface area contributed by atoms with E-state index < -0.39 is 6.10 Å². The van der Waals surface area contributed by atoms with Crippen LogP contribution in [0.15, 0.2) is 54.9 Å². The molecule has 7 heterocycles. The highest BCUT2D eigenvalue weighted by Crippen LogP contribution is 2.38. The number of anilines is 2. The van der Waals surface area contributed by atoms with Crippen molar-refractivity contribution in [2.45, 2.75) is 26.5 Å². The Hall–Kier alpha value is -4.70. The molecule has 0 saturated carbocycles. The topological polar surface area (TPSA) is 142 Å². The van der Waals surface area contributed by atoms with Crippen LogP contribution in [0.5, 0.6) is 0 Å². The van der Waals surface area contributed by atoms with Crippen molar-refractivity contribution in [3.63, 3.8) is 0 Å². The molecule has 5 aromatic heterocycles.